The quantitative estimate of drug-likeness (QED) is 0.706. The van der Waals surface area contributed by atoms with E-state index < -0.39 is 0 Å². The van der Waals surface area contributed by atoms with Crippen LogP contribution in [0, 0.1) is 0 Å². The smallest absolute Gasteiger partial charge is 0.234 e. The van der Waals surface area contributed by atoms with Gasteiger partial charge < -0.3 is 5.73 Å². The number of hydrogen-bond acceptors (Lipinski definition) is 4. The number of aromatic nitrogens is 3. The Morgan fingerprint density at radius 2 is 2.40 bits per heavy atom. The molecule has 6 nitrogen and oxygen atoms in total. The predicted octanol–water partition coefficient (Wildman–Crippen LogP) is -0.772. The molecule has 82 valence electrons. The molecule has 6 heteroatoms. The fourth-order valence-electron chi connectivity index (χ4n) is 2.00. The zero-order valence-electron chi connectivity index (χ0n) is 8.54. The van der Waals surface area contributed by atoms with Crippen molar-refractivity contribution >= 4 is 5.91 Å². The lowest BCUT2D eigenvalue weighted by Gasteiger charge is -2.21. The summed E-state index contributed by atoms with van der Waals surface area (Å²) >= 11 is 0. The Kier molecular flexibility index (Phi) is 2.96. The highest BCUT2D eigenvalue weighted by Gasteiger charge is 2.28. The first-order chi connectivity index (χ1) is 7.27. The van der Waals surface area contributed by atoms with Crippen LogP contribution in [0.25, 0.3) is 0 Å². The van der Waals surface area contributed by atoms with Gasteiger partial charge in [-0.3, -0.25) is 14.4 Å². The highest BCUT2D eigenvalue weighted by atomic mass is 16.1. The molecule has 1 saturated heterocycles. The maximum Gasteiger partial charge on any atom is 0.234 e. The van der Waals surface area contributed by atoms with E-state index in [9.17, 15) is 4.79 Å². The van der Waals surface area contributed by atoms with E-state index in [0.717, 1.165) is 32.5 Å². The molecule has 1 aromatic rings. The lowest BCUT2D eigenvalue weighted by atomic mass is 10.2. The largest absolute Gasteiger partial charge is 0.368 e. The lowest BCUT2D eigenvalue weighted by Crippen LogP contribution is -2.41. The Labute approximate surface area is 88.0 Å². The van der Waals surface area contributed by atoms with Crippen molar-refractivity contribution in [2.24, 2.45) is 5.73 Å². The van der Waals surface area contributed by atoms with E-state index >= 15 is 0 Å². The van der Waals surface area contributed by atoms with E-state index in [1.165, 1.54) is 0 Å². The van der Waals surface area contributed by atoms with E-state index in [2.05, 4.69) is 15.2 Å². The number of rotatable bonds is 4. The topological polar surface area (TPSA) is 77.0 Å². The van der Waals surface area contributed by atoms with Crippen LogP contribution in [0.5, 0.6) is 0 Å². The summed E-state index contributed by atoms with van der Waals surface area (Å²) in [6.07, 6.45) is 5.39. The summed E-state index contributed by atoms with van der Waals surface area (Å²) in [5.74, 6) is -0.217. The number of carbonyl (C=O) groups excluding carboxylic acids is 1. The molecule has 0 bridgehead atoms. The Balaban J connectivity index is 1.86. The van der Waals surface area contributed by atoms with Crippen LogP contribution < -0.4 is 5.73 Å². The lowest BCUT2D eigenvalue weighted by molar-refractivity contribution is -0.122. The van der Waals surface area contributed by atoms with Crippen molar-refractivity contribution in [3.05, 3.63) is 12.4 Å². The third kappa shape index (κ3) is 2.33. The van der Waals surface area contributed by atoms with Crippen molar-refractivity contribution in [2.75, 3.05) is 13.1 Å². The molecule has 1 aliphatic heterocycles. The summed E-state index contributed by atoms with van der Waals surface area (Å²) in [7, 11) is 0. The van der Waals surface area contributed by atoms with Gasteiger partial charge in [-0.05, 0) is 19.4 Å². The molecule has 0 spiro atoms. The van der Waals surface area contributed by atoms with Crippen LogP contribution >= 0.6 is 0 Å². The van der Waals surface area contributed by atoms with Crippen LogP contribution in [0.2, 0.25) is 0 Å². The van der Waals surface area contributed by atoms with Gasteiger partial charge in [-0.1, -0.05) is 5.21 Å². The van der Waals surface area contributed by atoms with Crippen molar-refractivity contribution in [2.45, 2.75) is 25.4 Å². The molecule has 0 saturated carbocycles. The van der Waals surface area contributed by atoms with Gasteiger partial charge in [0.2, 0.25) is 5.91 Å². The summed E-state index contributed by atoms with van der Waals surface area (Å²) in [6.45, 7) is 2.50. The third-order valence-corrected chi connectivity index (χ3v) is 2.78. The van der Waals surface area contributed by atoms with Gasteiger partial charge in [-0.2, -0.15) is 0 Å². The number of nitrogens with two attached hydrogens (primary N) is 1. The predicted molar refractivity (Wildman–Crippen MR) is 53.8 cm³/mol. The van der Waals surface area contributed by atoms with Crippen molar-refractivity contribution in [1.29, 1.82) is 0 Å². The monoisotopic (exact) mass is 209 g/mol. The van der Waals surface area contributed by atoms with Crippen molar-refractivity contribution in [3.8, 4) is 0 Å². The fourth-order valence-corrected chi connectivity index (χ4v) is 2.00. The number of carbonyl (C=O) groups is 1. The van der Waals surface area contributed by atoms with Gasteiger partial charge in [0.1, 0.15) is 0 Å². The fraction of sp³-hybridized carbons (Fsp3) is 0.667. The van der Waals surface area contributed by atoms with E-state index in [0.29, 0.717) is 0 Å². The molecule has 0 radical (unpaired) electrons. The standard InChI is InChI=1S/C9H15N5O/c10-9(15)8-2-1-4-13(8)6-7-14-5-3-11-12-14/h3,5,8H,1-2,4,6-7H2,(H2,10,15). The summed E-state index contributed by atoms with van der Waals surface area (Å²) < 4.78 is 1.76. The SMILES string of the molecule is NC(=O)C1CCCN1CCn1ccnn1. The molecule has 2 heterocycles. The van der Waals surface area contributed by atoms with Crippen LogP contribution in [0.1, 0.15) is 12.8 Å². The molecule has 1 unspecified atom stereocenters. The second kappa shape index (κ2) is 4.39. The first kappa shape index (κ1) is 10.1. The Morgan fingerprint density at radius 1 is 1.53 bits per heavy atom. The summed E-state index contributed by atoms with van der Waals surface area (Å²) in [5.41, 5.74) is 5.32. The van der Waals surface area contributed by atoms with Gasteiger partial charge in [0.25, 0.3) is 0 Å². The summed E-state index contributed by atoms with van der Waals surface area (Å²) in [6, 6.07) is -0.0893. The van der Waals surface area contributed by atoms with E-state index in [1.807, 2.05) is 6.20 Å². The number of hydrogen-bond donors (Lipinski definition) is 1. The first-order valence-electron chi connectivity index (χ1n) is 5.15. The van der Waals surface area contributed by atoms with Gasteiger partial charge in [-0.25, -0.2) is 0 Å². The van der Waals surface area contributed by atoms with E-state index in [-0.39, 0.29) is 11.9 Å². The second-order valence-corrected chi connectivity index (χ2v) is 3.76. The number of nitrogens with zero attached hydrogens (tertiary/aromatic N) is 4. The van der Waals surface area contributed by atoms with Crippen LogP contribution in [-0.2, 0) is 11.3 Å². The molecular weight excluding hydrogens is 194 g/mol. The van der Waals surface area contributed by atoms with E-state index in [4.69, 9.17) is 5.73 Å². The molecule has 1 atom stereocenters. The summed E-state index contributed by atoms with van der Waals surface area (Å²) in [4.78, 5) is 13.2. The van der Waals surface area contributed by atoms with Crippen LogP contribution in [0.3, 0.4) is 0 Å². The molecule has 2 N–H and O–H groups in total. The normalized spacial score (nSPS) is 22.0. The maximum atomic E-state index is 11.1. The molecule has 15 heavy (non-hydrogen) atoms. The molecule has 1 aromatic heterocycles. The molecular formula is C9H15N5O. The molecule has 1 aliphatic rings. The zero-order chi connectivity index (χ0) is 10.7. The molecule has 0 aliphatic carbocycles. The van der Waals surface area contributed by atoms with Gasteiger partial charge >= 0.3 is 0 Å². The van der Waals surface area contributed by atoms with Crippen LogP contribution in [0.15, 0.2) is 12.4 Å². The van der Waals surface area contributed by atoms with Crippen molar-refractivity contribution in [3.63, 3.8) is 0 Å². The Morgan fingerprint density at radius 3 is 3.07 bits per heavy atom. The average molecular weight is 209 g/mol. The highest BCUT2D eigenvalue weighted by molar-refractivity contribution is 5.80. The minimum Gasteiger partial charge on any atom is -0.368 e. The maximum absolute atomic E-state index is 11.1. The van der Waals surface area contributed by atoms with Crippen LogP contribution in [-0.4, -0.2) is 44.9 Å². The highest BCUT2D eigenvalue weighted by Crippen LogP contribution is 2.16. The van der Waals surface area contributed by atoms with E-state index in [1.54, 1.807) is 10.9 Å². The third-order valence-electron chi connectivity index (χ3n) is 2.78. The zero-order valence-corrected chi connectivity index (χ0v) is 8.54. The minimum absolute atomic E-state index is 0.0893. The number of primary amides is 1. The summed E-state index contributed by atoms with van der Waals surface area (Å²) in [5, 5.41) is 7.60. The molecule has 1 fully saturated rings. The first-order valence-corrected chi connectivity index (χ1v) is 5.15. The minimum atomic E-state index is -0.217. The molecule has 1 amide bonds. The van der Waals surface area contributed by atoms with Crippen molar-refractivity contribution < 1.29 is 4.79 Å². The van der Waals surface area contributed by atoms with Gasteiger partial charge in [0.05, 0.1) is 18.8 Å². The van der Waals surface area contributed by atoms with Crippen molar-refractivity contribution in [1.82, 2.24) is 19.9 Å². The number of amides is 1. The number of likely N-dealkylation sites (tertiary alicyclic amines) is 1. The van der Waals surface area contributed by atoms with Gasteiger partial charge in [0, 0.05) is 12.7 Å². The Bertz CT molecular complexity index is 323. The molecule has 0 aromatic carbocycles. The average Bonchev–Trinajstić information content (AvgIpc) is 2.86. The van der Waals surface area contributed by atoms with Gasteiger partial charge in [-0.15, -0.1) is 5.10 Å². The Hall–Kier alpha value is -1.43. The molecule has 2 rings (SSSR count). The van der Waals surface area contributed by atoms with Gasteiger partial charge in [0.15, 0.2) is 0 Å². The van der Waals surface area contributed by atoms with Crippen LogP contribution in [0.4, 0.5) is 0 Å². The second-order valence-electron chi connectivity index (χ2n) is 3.76.